The lowest BCUT2D eigenvalue weighted by molar-refractivity contribution is -0.143. The quantitative estimate of drug-likeness (QED) is 0.447. The highest BCUT2D eigenvalue weighted by atomic mass is 19.4. The van der Waals surface area contributed by atoms with Gasteiger partial charge in [0.15, 0.2) is 0 Å². The number of carbonyl (C=O) groups excluding carboxylic acids is 1. The summed E-state index contributed by atoms with van der Waals surface area (Å²) in [5, 5.41) is 5.65. The Balaban J connectivity index is 1.73. The molecule has 1 aromatic rings. The SMILES string of the molecule is CC1C=C(F)C=CC1[C@H](NCCN1CCCCC1)C(=O)NCc1cc(C(F)(F)F)cc(C(F)(F)F)c1. The molecule has 11 heteroatoms. The van der Waals surface area contributed by atoms with Crippen molar-refractivity contribution in [1.29, 1.82) is 0 Å². The van der Waals surface area contributed by atoms with Crippen LogP contribution in [0.5, 0.6) is 0 Å². The summed E-state index contributed by atoms with van der Waals surface area (Å²) in [6.07, 6.45) is -2.42. The van der Waals surface area contributed by atoms with E-state index in [0.29, 0.717) is 25.2 Å². The van der Waals surface area contributed by atoms with E-state index in [1.54, 1.807) is 13.0 Å². The number of nitrogens with one attached hydrogen (secondary N) is 2. The Kier molecular flexibility index (Phi) is 9.21. The van der Waals surface area contributed by atoms with Gasteiger partial charge in [-0.15, -0.1) is 0 Å². The Morgan fingerprint density at radius 2 is 1.64 bits per heavy atom. The first-order valence-electron chi connectivity index (χ1n) is 11.9. The van der Waals surface area contributed by atoms with Gasteiger partial charge < -0.3 is 15.5 Å². The molecule has 1 aliphatic carbocycles. The molecule has 36 heavy (non-hydrogen) atoms. The molecule has 1 fully saturated rings. The second-order valence-corrected chi connectivity index (χ2v) is 9.31. The number of nitrogens with zero attached hydrogens (tertiary/aromatic N) is 1. The first kappa shape index (κ1) is 28.2. The maximum absolute atomic E-state index is 13.7. The monoisotopic (exact) mass is 521 g/mol. The largest absolute Gasteiger partial charge is 0.416 e. The molecule has 3 atom stereocenters. The van der Waals surface area contributed by atoms with E-state index in [1.807, 2.05) is 0 Å². The first-order chi connectivity index (χ1) is 16.8. The summed E-state index contributed by atoms with van der Waals surface area (Å²) in [6, 6.07) is 0.384. The Morgan fingerprint density at radius 1 is 1.03 bits per heavy atom. The molecule has 0 bridgehead atoms. The molecule has 0 saturated carbocycles. The van der Waals surface area contributed by atoms with E-state index in [0.717, 1.165) is 25.9 Å². The molecule has 4 nitrogen and oxygen atoms in total. The summed E-state index contributed by atoms with van der Waals surface area (Å²) in [5.41, 5.74) is -3.21. The Labute approximate surface area is 205 Å². The second-order valence-electron chi connectivity index (χ2n) is 9.31. The van der Waals surface area contributed by atoms with Crippen molar-refractivity contribution in [2.24, 2.45) is 11.8 Å². The number of amides is 1. The standard InChI is InChI=1S/C25H30F7N3O/c1-16-11-20(26)5-6-21(16)22(33-7-10-35-8-3-2-4-9-35)23(36)34-15-17-12-18(24(27,28)29)14-19(13-17)25(30,31)32/h5-6,11-14,16,21-22,33H,2-4,7-10,15H2,1H3,(H,34,36)/t16?,21?,22-/m0/s1. The fraction of sp³-hybridized carbons (Fsp3) is 0.560. The number of allylic oxidation sites excluding steroid dienone is 3. The van der Waals surface area contributed by atoms with Crippen molar-refractivity contribution in [3.63, 3.8) is 0 Å². The van der Waals surface area contributed by atoms with E-state index in [4.69, 9.17) is 0 Å². The van der Waals surface area contributed by atoms with Crippen LogP contribution >= 0.6 is 0 Å². The summed E-state index contributed by atoms with van der Waals surface area (Å²) in [6.45, 7) is 4.24. The van der Waals surface area contributed by atoms with Crippen LogP contribution in [0, 0.1) is 11.8 Å². The molecule has 2 N–H and O–H groups in total. The normalized spacial score (nSPS) is 22.3. The molecule has 200 valence electrons. The van der Waals surface area contributed by atoms with Crippen LogP contribution in [0.4, 0.5) is 30.7 Å². The summed E-state index contributed by atoms with van der Waals surface area (Å²) in [7, 11) is 0. The molecule has 1 aliphatic heterocycles. The van der Waals surface area contributed by atoms with Gasteiger partial charge in [-0.2, -0.15) is 26.3 Å². The van der Waals surface area contributed by atoms with Gasteiger partial charge in [0.25, 0.3) is 0 Å². The van der Waals surface area contributed by atoms with Crippen molar-refractivity contribution in [3.8, 4) is 0 Å². The predicted molar refractivity (Wildman–Crippen MR) is 121 cm³/mol. The molecule has 0 aromatic heterocycles. The van der Waals surface area contributed by atoms with Crippen molar-refractivity contribution in [1.82, 2.24) is 15.5 Å². The predicted octanol–water partition coefficient (Wildman–Crippen LogP) is 5.46. The van der Waals surface area contributed by atoms with E-state index in [-0.39, 0.29) is 17.5 Å². The Morgan fingerprint density at radius 3 is 2.19 bits per heavy atom. The van der Waals surface area contributed by atoms with Crippen LogP contribution in [0.3, 0.4) is 0 Å². The number of likely N-dealkylation sites (tertiary alicyclic amines) is 1. The summed E-state index contributed by atoms with van der Waals surface area (Å²) in [5.74, 6) is -1.82. The van der Waals surface area contributed by atoms with Crippen LogP contribution in [0.2, 0.25) is 0 Å². The van der Waals surface area contributed by atoms with Crippen LogP contribution in [0.25, 0.3) is 0 Å². The maximum atomic E-state index is 13.7. The average molecular weight is 522 g/mol. The molecular formula is C25H30F7N3O. The number of carbonyl (C=O) groups is 1. The van der Waals surface area contributed by atoms with E-state index in [9.17, 15) is 35.5 Å². The average Bonchev–Trinajstić information content (AvgIpc) is 2.80. The van der Waals surface area contributed by atoms with Gasteiger partial charge >= 0.3 is 12.4 Å². The van der Waals surface area contributed by atoms with Crippen LogP contribution in [0.1, 0.15) is 42.9 Å². The summed E-state index contributed by atoms with van der Waals surface area (Å²) >= 11 is 0. The van der Waals surface area contributed by atoms with Gasteiger partial charge in [0.1, 0.15) is 5.83 Å². The zero-order chi connectivity index (χ0) is 26.5. The third-order valence-corrected chi connectivity index (χ3v) is 6.53. The Hall–Kier alpha value is -2.40. The van der Waals surface area contributed by atoms with Gasteiger partial charge in [0.2, 0.25) is 5.91 Å². The van der Waals surface area contributed by atoms with Crippen molar-refractivity contribution in [3.05, 3.63) is 58.9 Å². The third kappa shape index (κ3) is 7.80. The minimum absolute atomic E-state index is 0.0473. The molecule has 2 aliphatic rings. The molecule has 1 heterocycles. The molecule has 0 radical (unpaired) electrons. The van der Waals surface area contributed by atoms with E-state index < -0.39 is 53.7 Å². The van der Waals surface area contributed by atoms with Crippen molar-refractivity contribution in [2.75, 3.05) is 26.2 Å². The lowest BCUT2D eigenvalue weighted by Crippen LogP contribution is -2.51. The molecule has 1 amide bonds. The molecular weight excluding hydrogens is 491 g/mol. The zero-order valence-electron chi connectivity index (χ0n) is 19.9. The van der Waals surface area contributed by atoms with Crippen molar-refractivity contribution >= 4 is 5.91 Å². The van der Waals surface area contributed by atoms with Gasteiger partial charge in [0.05, 0.1) is 17.2 Å². The molecule has 1 saturated heterocycles. The zero-order valence-corrected chi connectivity index (χ0v) is 19.9. The van der Waals surface area contributed by atoms with Crippen LogP contribution in [-0.2, 0) is 23.7 Å². The minimum atomic E-state index is -4.97. The van der Waals surface area contributed by atoms with Gasteiger partial charge in [-0.25, -0.2) is 4.39 Å². The van der Waals surface area contributed by atoms with E-state index in [1.165, 1.54) is 18.6 Å². The number of benzene rings is 1. The fourth-order valence-corrected chi connectivity index (χ4v) is 4.60. The van der Waals surface area contributed by atoms with Crippen molar-refractivity contribution in [2.45, 2.75) is 51.1 Å². The number of hydrogen-bond donors (Lipinski definition) is 2. The van der Waals surface area contributed by atoms with Crippen molar-refractivity contribution < 1.29 is 35.5 Å². The number of hydrogen-bond acceptors (Lipinski definition) is 3. The number of piperidine rings is 1. The lowest BCUT2D eigenvalue weighted by atomic mass is 9.83. The third-order valence-electron chi connectivity index (χ3n) is 6.53. The van der Waals surface area contributed by atoms with Gasteiger partial charge in [-0.05, 0) is 67.8 Å². The fourth-order valence-electron chi connectivity index (χ4n) is 4.60. The smallest absolute Gasteiger partial charge is 0.351 e. The number of halogens is 7. The number of rotatable bonds is 8. The van der Waals surface area contributed by atoms with E-state index >= 15 is 0 Å². The molecule has 0 spiro atoms. The first-order valence-corrected chi connectivity index (χ1v) is 11.9. The highest BCUT2D eigenvalue weighted by Crippen LogP contribution is 2.36. The van der Waals surface area contributed by atoms with Crippen LogP contribution in [0.15, 0.2) is 42.3 Å². The second kappa shape index (κ2) is 11.8. The highest BCUT2D eigenvalue weighted by molar-refractivity contribution is 5.82. The molecule has 1 aromatic carbocycles. The van der Waals surface area contributed by atoms with Crippen LogP contribution in [-0.4, -0.2) is 43.0 Å². The summed E-state index contributed by atoms with van der Waals surface area (Å²) < 4.78 is 92.6. The molecule has 3 rings (SSSR count). The van der Waals surface area contributed by atoms with Gasteiger partial charge in [-0.1, -0.05) is 19.4 Å². The topological polar surface area (TPSA) is 44.4 Å². The molecule has 2 unspecified atom stereocenters. The Bertz CT molecular complexity index is 933. The lowest BCUT2D eigenvalue weighted by Gasteiger charge is -2.32. The summed E-state index contributed by atoms with van der Waals surface area (Å²) in [4.78, 5) is 15.4. The van der Waals surface area contributed by atoms with E-state index in [2.05, 4.69) is 15.5 Å². The number of alkyl halides is 6. The maximum Gasteiger partial charge on any atom is 0.416 e. The van der Waals surface area contributed by atoms with Gasteiger partial charge in [-0.3, -0.25) is 4.79 Å². The van der Waals surface area contributed by atoms with Gasteiger partial charge in [0, 0.05) is 25.6 Å². The minimum Gasteiger partial charge on any atom is -0.351 e. The van der Waals surface area contributed by atoms with Crippen LogP contribution < -0.4 is 10.6 Å². The highest BCUT2D eigenvalue weighted by Gasteiger charge is 2.37.